The van der Waals surface area contributed by atoms with Crippen molar-refractivity contribution in [1.82, 2.24) is 4.98 Å². The molecule has 0 amide bonds. The highest BCUT2D eigenvalue weighted by Crippen LogP contribution is 2.30. The van der Waals surface area contributed by atoms with E-state index in [2.05, 4.69) is 15.5 Å². The summed E-state index contributed by atoms with van der Waals surface area (Å²) >= 11 is 5.84. The van der Waals surface area contributed by atoms with Crippen LogP contribution in [0.3, 0.4) is 0 Å². The molecule has 106 valence electrons. The normalized spacial score (nSPS) is 15.5. The number of aromatic hydroxyl groups is 1. The molecule has 2 aromatic rings. The highest BCUT2D eigenvalue weighted by molar-refractivity contribution is 6.30. The number of aromatic amines is 1. The van der Waals surface area contributed by atoms with E-state index in [4.69, 9.17) is 11.6 Å². The Morgan fingerprint density at radius 3 is 2.76 bits per heavy atom. The van der Waals surface area contributed by atoms with Crippen LogP contribution in [0.4, 0.5) is 5.69 Å². The van der Waals surface area contributed by atoms with Gasteiger partial charge in [0.2, 0.25) is 5.88 Å². The molecule has 5 nitrogen and oxygen atoms in total. The summed E-state index contributed by atoms with van der Waals surface area (Å²) in [6.07, 6.45) is 2.50. The van der Waals surface area contributed by atoms with Crippen molar-refractivity contribution in [3.8, 4) is 11.9 Å². The molecule has 0 atom stereocenters. The number of benzene rings is 1. The van der Waals surface area contributed by atoms with E-state index >= 15 is 0 Å². The Morgan fingerprint density at radius 2 is 2.05 bits per heavy atom. The summed E-state index contributed by atoms with van der Waals surface area (Å²) in [5.41, 5.74) is 6.42. The Hall–Kier alpha value is -2.45. The number of nitriles is 1. The lowest BCUT2D eigenvalue weighted by Gasteiger charge is -2.14. The fourth-order valence-corrected chi connectivity index (χ4v) is 2.60. The fourth-order valence-electron chi connectivity index (χ4n) is 2.48. The van der Waals surface area contributed by atoms with Gasteiger partial charge in [0, 0.05) is 16.3 Å². The van der Waals surface area contributed by atoms with E-state index in [-0.39, 0.29) is 11.4 Å². The topological polar surface area (TPSA) is 84.2 Å². The van der Waals surface area contributed by atoms with Gasteiger partial charge >= 0.3 is 0 Å². The monoisotopic (exact) mass is 300 g/mol. The van der Waals surface area contributed by atoms with Crippen molar-refractivity contribution in [2.75, 3.05) is 5.43 Å². The van der Waals surface area contributed by atoms with Crippen molar-refractivity contribution >= 4 is 23.0 Å². The third-order valence-corrected chi connectivity index (χ3v) is 3.71. The van der Waals surface area contributed by atoms with Gasteiger partial charge in [-0.25, -0.2) is 0 Å². The minimum Gasteiger partial charge on any atom is -0.494 e. The van der Waals surface area contributed by atoms with Crippen LogP contribution in [0.1, 0.15) is 29.7 Å². The maximum absolute atomic E-state index is 9.77. The lowest BCUT2D eigenvalue weighted by Crippen LogP contribution is -2.13. The van der Waals surface area contributed by atoms with Crippen molar-refractivity contribution in [2.24, 2.45) is 5.10 Å². The van der Waals surface area contributed by atoms with Crippen molar-refractivity contribution < 1.29 is 5.11 Å². The van der Waals surface area contributed by atoms with Crippen LogP contribution < -0.4 is 5.43 Å². The fraction of sp³-hybridized carbons (Fsp3) is 0.200. The van der Waals surface area contributed by atoms with Crippen LogP contribution in [0.15, 0.2) is 29.4 Å². The minimum atomic E-state index is -0.0800. The van der Waals surface area contributed by atoms with Crippen LogP contribution in [-0.2, 0) is 6.42 Å². The van der Waals surface area contributed by atoms with Crippen LogP contribution in [0.2, 0.25) is 5.02 Å². The number of nitrogens with zero attached hydrogens (tertiary/aromatic N) is 2. The average molecular weight is 301 g/mol. The molecule has 0 saturated carbocycles. The van der Waals surface area contributed by atoms with E-state index in [9.17, 15) is 10.4 Å². The Bertz CT molecular complexity index is 740. The maximum atomic E-state index is 9.77. The largest absolute Gasteiger partial charge is 0.494 e. The second kappa shape index (κ2) is 5.51. The number of hydrogen-bond donors (Lipinski definition) is 3. The molecule has 1 aliphatic carbocycles. The molecular weight excluding hydrogens is 288 g/mol. The van der Waals surface area contributed by atoms with Crippen molar-refractivity contribution in [3.05, 3.63) is 46.1 Å². The molecule has 21 heavy (non-hydrogen) atoms. The summed E-state index contributed by atoms with van der Waals surface area (Å²) in [7, 11) is 0. The number of fused-ring (bicyclic) bond motifs is 1. The molecule has 0 saturated heterocycles. The SMILES string of the molecule is N#Cc1c(O)[nH]c2c1C(=NNc1ccc(Cl)cc1)CCC2. The average Bonchev–Trinajstić information content (AvgIpc) is 2.82. The number of hydrogen-bond acceptors (Lipinski definition) is 4. The van der Waals surface area contributed by atoms with Crippen LogP contribution in [0.5, 0.6) is 5.88 Å². The molecule has 1 aliphatic rings. The van der Waals surface area contributed by atoms with E-state index in [1.165, 1.54) is 0 Å². The summed E-state index contributed by atoms with van der Waals surface area (Å²) < 4.78 is 0. The number of hydrazone groups is 1. The minimum absolute atomic E-state index is 0.0800. The molecule has 0 bridgehead atoms. The van der Waals surface area contributed by atoms with Crippen molar-refractivity contribution in [2.45, 2.75) is 19.3 Å². The van der Waals surface area contributed by atoms with E-state index < -0.39 is 0 Å². The quantitative estimate of drug-likeness (QED) is 0.743. The van der Waals surface area contributed by atoms with Crippen LogP contribution in [-0.4, -0.2) is 15.8 Å². The maximum Gasteiger partial charge on any atom is 0.207 e. The summed E-state index contributed by atoms with van der Waals surface area (Å²) in [5, 5.41) is 24.0. The van der Waals surface area contributed by atoms with Gasteiger partial charge in [-0.05, 0) is 43.5 Å². The van der Waals surface area contributed by atoms with Gasteiger partial charge in [0.1, 0.15) is 11.6 Å². The molecule has 0 spiro atoms. The summed E-state index contributed by atoms with van der Waals surface area (Å²) in [4.78, 5) is 2.86. The summed E-state index contributed by atoms with van der Waals surface area (Å²) in [6.45, 7) is 0. The third kappa shape index (κ3) is 2.58. The lowest BCUT2D eigenvalue weighted by molar-refractivity contribution is 0.454. The van der Waals surface area contributed by atoms with Crippen LogP contribution in [0, 0.1) is 11.3 Å². The van der Waals surface area contributed by atoms with E-state index in [0.717, 1.165) is 41.9 Å². The first-order chi connectivity index (χ1) is 10.2. The highest BCUT2D eigenvalue weighted by Gasteiger charge is 2.24. The first-order valence-corrected chi connectivity index (χ1v) is 6.99. The van der Waals surface area contributed by atoms with E-state index in [1.54, 1.807) is 12.1 Å². The predicted octanol–water partition coefficient (Wildman–Crippen LogP) is 3.40. The number of nitrogens with one attached hydrogen (secondary N) is 2. The van der Waals surface area contributed by atoms with Gasteiger partial charge in [0.15, 0.2) is 0 Å². The molecule has 1 aromatic heterocycles. The van der Waals surface area contributed by atoms with Gasteiger partial charge in [0.25, 0.3) is 0 Å². The zero-order valence-electron chi connectivity index (χ0n) is 11.2. The predicted molar refractivity (Wildman–Crippen MR) is 81.7 cm³/mol. The number of aryl methyl sites for hydroxylation is 1. The smallest absolute Gasteiger partial charge is 0.207 e. The molecule has 0 radical (unpaired) electrons. The van der Waals surface area contributed by atoms with Gasteiger partial charge in [-0.2, -0.15) is 10.4 Å². The molecule has 1 aromatic carbocycles. The Kier molecular flexibility index (Phi) is 3.55. The molecule has 0 aliphatic heterocycles. The van der Waals surface area contributed by atoms with Crippen molar-refractivity contribution in [1.29, 1.82) is 5.26 Å². The highest BCUT2D eigenvalue weighted by atomic mass is 35.5. The number of rotatable bonds is 2. The van der Waals surface area contributed by atoms with E-state index in [1.807, 2.05) is 18.2 Å². The zero-order chi connectivity index (χ0) is 14.8. The van der Waals surface area contributed by atoms with Gasteiger partial charge < -0.3 is 10.1 Å². The lowest BCUT2D eigenvalue weighted by atomic mass is 9.93. The standard InChI is InChI=1S/C15H13ClN4O/c16-9-4-6-10(7-5-9)19-20-13-3-1-2-12-14(13)11(8-17)15(21)18-12/h4-7,18-19,21H,1-3H2. The van der Waals surface area contributed by atoms with Gasteiger partial charge in [-0.3, -0.25) is 5.43 Å². The van der Waals surface area contributed by atoms with E-state index in [0.29, 0.717) is 5.02 Å². The Labute approximate surface area is 126 Å². The number of anilines is 1. The number of aromatic nitrogens is 1. The van der Waals surface area contributed by atoms with Gasteiger partial charge in [0.05, 0.1) is 11.4 Å². The molecule has 0 fully saturated rings. The first kappa shape index (κ1) is 13.5. The molecule has 6 heteroatoms. The summed E-state index contributed by atoms with van der Waals surface area (Å²) in [6, 6.07) is 9.24. The van der Waals surface area contributed by atoms with Crippen LogP contribution in [0.25, 0.3) is 0 Å². The van der Waals surface area contributed by atoms with Gasteiger partial charge in [-0.15, -0.1) is 0 Å². The first-order valence-electron chi connectivity index (χ1n) is 6.61. The molecule has 0 unspecified atom stereocenters. The molecule has 3 rings (SSSR count). The molecular formula is C15H13ClN4O. The summed E-state index contributed by atoms with van der Waals surface area (Å²) in [5.74, 6) is -0.0800. The van der Waals surface area contributed by atoms with Gasteiger partial charge in [-0.1, -0.05) is 11.6 Å². The second-order valence-corrected chi connectivity index (χ2v) is 5.28. The molecule has 3 N–H and O–H groups in total. The zero-order valence-corrected chi connectivity index (χ0v) is 11.9. The molecule has 1 heterocycles. The Morgan fingerprint density at radius 1 is 1.29 bits per heavy atom. The number of H-pyrrole nitrogens is 1. The second-order valence-electron chi connectivity index (χ2n) is 4.84. The number of halogens is 1. The van der Waals surface area contributed by atoms with Crippen LogP contribution >= 0.6 is 11.6 Å². The third-order valence-electron chi connectivity index (χ3n) is 3.46. The Balaban J connectivity index is 1.93. The van der Waals surface area contributed by atoms with Crippen molar-refractivity contribution in [3.63, 3.8) is 0 Å².